The average molecular weight is 555 g/mol. The van der Waals surface area contributed by atoms with E-state index in [1.165, 1.54) is 11.1 Å². The minimum absolute atomic E-state index is 0.208. The van der Waals surface area contributed by atoms with Gasteiger partial charge in [-0.2, -0.15) is 0 Å². The number of ether oxygens (including phenoxy) is 1. The van der Waals surface area contributed by atoms with Crippen LogP contribution in [0.15, 0.2) is 108 Å². The van der Waals surface area contributed by atoms with Crippen LogP contribution in [0, 0.1) is 6.57 Å². The normalized spacial score (nSPS) is 13.5. The Morgan fingerprint density at radius 2 is 1.34 bits per heavy atom. The molecule has 0 bridgehead atoms. The first-order chi connectivity index (χ1) is 18.4. The molecule has 4 heteroatoms. The summed E-state index contributed by atoms with van der Waals surface area (Å²) in [5, 5.41) is 2.22. The summed E-state index contributed by atoms with van der Waals surface area (Å²) in [6.07, 6.45) is 0. The second-order valence-corrected chi connectivity index (χ2v) is 11.2. The van der Waals surface area contributed by atoms with E-state index in [2.05, 4.69) is 112 Å². The summed E-state index contributed by atoms with van der Waals surface area (Å²) in [7, 11) is 0. The second kappa shape index (κ2) is 8.34. The predicted molar refractivity (Wildman–Crippen MR) is 159 cm³/mol. The third-order valence-electron chi connectivity index (χ3n) is 7.71. The smallest absolute Gasteiger partial charge is 0.188 e. The van der Waals surface area contributed by atoms with Gasteiger partial charge in [0.2, 0.25) is 0 Å². The number of benzene rings is 5. The molecule has 0 saturated carbocycles. The van der Waals surface area contributed by atoms with E-state index in [1.54, 1.807) is 0 Å². The van der Waals surface area contributed by atoms with E-state index in [1.807, 2.05) is 30.3 Å². The fraction of sp³-hybridized carbons (Fsp3) is 0.0882. The lowest BCUT2D eigenvalue weighted by Gasteiger charge is -2.35. The molecule has 0 unspecified atom stereocenters. The highest BCUT2D eigenvalue weighted by atomic mass is 79.9. The molecule has 0 fully saturated rings. The molecule has 3 nitrogen and oxygen atoms in total. The van der Waals surface area contributed by atoms with Crippen molar-refractivity contribution in [1.29, 1.82) is 0 Å². The molecule has 0 radical (unpaired) electrons. The molecule has 0 N–H and O–H groups in total. The van der Waals surface area contributed by atoms with Gasteiger partial charge in [0.1, 0.15) is 11.5 Å². The standard InChI is InChI=1S/C34H23BrN2O/c1-34(2)28-18-22(10-15-32(28)38-33-16-11-23(35)19-29(33)34)21-9-13-30-26(17-21)27-20-24(36-3)12-14-31(27)37(30)25-7-5-4-6-8-25/h4-20H,1-2H3. The van der Waals surface area contributed by atoms with Gasteiger partial charge in [-0.25, -0.2) is 4.85 Å². The zero-order valence-electron chi connectivity index (χ0n) is 21.0. The number of fused-ring (bicyclic) bond motifs is 5. The molecule has 0 amide bonds. The maximum absolute atomic E-state index is 7.57. The maximum atomic E-state index is 7.57. The molecule has 0 saturated heterocycles. The zero-order chi connectivity index (χ0) is 26.0. The molecule has 1 aromatic heterocycles. The lowest BCUT2D eigenvalue weighted by atomic mass is 9.75. The summed E-state index contributed by atoms with van der Waals surface area (Å²) < 4.78 is 9.64. The van der Waals surface area contributed by atoms with Crippen molar-refractivity contribution in [3.05, 3.63) is 130 Å². The first-order valence-electron chi connectivity index (χ1n) is 12.6. The number of nitrogens with zero attached hydrogens (tertiary/aromatic N) is 2. The van der Waals surface area contributed by atoms with Gasteiger partial charge >= 0.3 is 0 Å². The van der Waals surface area contributed by atoms with Gasteiger partial charge in [-0.1, -0.05) is 66.2 Å². The maximum Gasteiger partial charge on any atom is 0.188 e. The highest BCUT2D eigenvalue weighted by Crippen LogP contribution is 2.49. The molecule has 1 aliphatic heterocycles. The van der Waals surface area contributed by atoms with Gasteiger partial charge in [0.05, 0.1) is 17.6 Å². The van der Waals surface area contributed by atoms with Crippen LogP contribution in [-0.2, 0) is 5.41 Å². The Morgan fingerprint density at radius 3 is 2.11 bits per heavy atom. The largest absolute Gasteiger partial charge is 0.457 e. The van der Waals surface area contributed by atoms with Gasteiger partial charge < -0.3 is 9.30 Å². The number of hydrogen-bond acceptors (Lipinski definition) is 1. The van der Waals surface area contributed by atoms with E-state index in [0.29, 0.717) is 5.69 Å². The van der Waals surface area contributed by atoms with Crippen LogP contribution >= 0.6 is 15.9 Å². The Kier molecular flexibility index (Phi) is 5.01. The Hall–Kier alpha value is -4.33. The average Bonchev–Trinajstić information content (AvgIpc) is 3.27. The Balaban J connectivity index is 1.43. The van der Waals surface area contributed by atoms with Crippen LogP contribution in [0.5, 0.6) is 11.5 Å². The Bertz CT molecular complexity index is 1940. The number of hydrogen-bond donors (Lipinski definition) is 0. The molecule has 1 aliphatic rings. The third kappa shape index (κ3) is 3.40. The van der Waals surface area contributed by atoms with E-state index in [-0.39, 0.29) is 5.41 Å². The monoisotopic (exact) mass is 554 g/mol. The zero-order valence-corrected chi connectivity index (χ0v) is 22.6. The summed E-state index contributed by atoms with van der Waals surface area (Å²) in [5.74, 6) is 1.81. The number of aromatic nitrogens is 1. The van der Waals surface area contributed by atoms with Gasteiger partial charge in [0, 0.05) is 32.1 Å². The van der Waals surface area contributed by atoms with E-state index in [9.17, 15) is 0 Å². The lowest BCUT2D eigenvalue weighted by molar-refractivity contribution is 0.418. The number of halogens is 1. The minimum Gasteiger partial charge on any atom is -0.457 e. The van der Waals surface area contributed by atoms with Crippen LogP contribution in [0.1, 0.15) is 25.0 Å². The van der Waals surface area contributed by atoms with E-state index < -0.39 is 0 Å². The lowest BCUT2D eigenvalue weighted by Crippen LogP contribution is -2.24. The van der Waals surface area contributed by atoms with Crippen LogP contribution in [0.4, 0.5) is 5.69 Å². The molecular formula is C34H23BrN2O. The van der Waals surface area contributed by atoms with Gasteiger partial charge in [-0.3, -0.25) is 0 Å². The highest BCUT2D eigenvalue weighted by Gasteiger charge is 2.34. The molecule has 0 atom stereocenters. The van der Waals surface area contributed by atoms with Crippen molar-refractivity contribution in [3.8, 4) is 28.3 Å². The van der Waals surface area contributed by atoms with Crippen molar-refractivity contribution in [1.82, 2.24) is 4.57 Å². The highest BCUT2D eigenvalue weighted by molar-refractivity contribution is 9.10. The van der Waals surface area contributed by atoms with E-state index in [0.717, 1.165) is 54.6 Å². The van der Waals surface area contributed by atoms with Gasteiger partial charge in [-0.15, -0.1) is 0 Å². The van der Waals surface area contributed by atoms with Gasteiger partial charge in [0.15, 0.2) is 5.69 Å². The SMILES string of the molecule is [C-]#[N+]c1ccc2c(c1)c1cc(-c3ccc4c(c3)C(C)(C)c3cc(Br)ccc3O4)ccc1n2-c1ccccc1. The molecular weight excluding hydrogens is 532 g/mol. The number of para-hydroxylation sites is 1. The summed E-state index contributed by atoms with van der Waals surface area (Å²) >= 11 is 3.63. The van der Waals surface area contributed by atoms with Gasteiger partial charge in [0.25, 0.3) is 0 Å². The molecule has 0 spiro atoms. The van der Waals surface area contributed by atoms with E-state index >= 15 is 0 Å². The minimum atomic E-state index is -0.208. The fourth-order valence-corrected chi connectivity index (χ4v) is 6.11. The van der Waals surface area contributed by atoms with Crippen LogP contribution in [-0.4, -0.2) is 4.57 Å². The van der Waals surface area contributed by atoms with E-state index in [4.69, 9.17) is 11.3 Å². The predicted octanol–water partition coefficient (Wildman–Crippen LogP) is 10.2. The van der Waals surface area contributed by atoms with Crippen LogP contribution < -0.4 is 4.74 Å². The molecule has 7 rings (SSSR count). The molecule has 182 valence electrons. The molecule has 0 aliphatic carbocycles. The second-order valence-electron chi connectivity index (χ2n) is 10.3. The van der Waals surface area contributed by atoms with Crippen molar-refractivity contribution in [2.45, 2.75) is 19.3 Å². The summed E-state index contributed by atoms with van der Waals surface area (Å²) in [6, 6.07) is 35.7. The molecule has 6 aromatic rings. The summed E-state index contributed by atoms with van der Waals surface area (Å²) in [5.41, 5.74) is 8.38. The van der Waals surface area contributed by atoms with Crippen molar-refractivity contribution in [3.63, 3.8) is 0 Å². The molecule has 38 heavy (non-hydrogen) atoms. The molecule has 2 heterocycles. The van der Waals surface area contributed by atoms with Gasteiger partial charge in [-0.05, 0) is 83.2 Å². The van der Waals surface area contributed by atoms with Crippen molar-refractivity contribution in [2.24, 2.45) is 0 Å². The first kappa shape index (κ1) is 22.8. The summed E-state index contributed by atoms with van der Waals surface area (Å²) in [6.45, 7) is 12.1. The van der Waals surface area contributed by atoms with Crippen molar-refractivity contribution in [2.75, 3.05) is 0 Å². The van der Waals surface area contributed by atoms with Crippen LogP contribution in [0.2, 0.25) is 0 Å². The fourth-order valence-electron chi connectivity index (χ4n) is 5.75. The quantitative estimate of drug-likeness (QED) is 0.195. The van der Waals surface area contributed by atoms with Crippen molar-refractivity contribution < 1.29 is 4.74 Å². The number of rotatable bonds is 2. The first-order valence-corrected chi connectivity index (χ1v) is 13.4. The summed E-state index contributed by atoms with van der Waals surface area (Å²) in [4.78, 5) is 3.70. The Morgan fingerprint density at radius 1 is 0.711 bits per heavy atom. The third-order valence-corrected chi connectivity index (χ3v) is 8.21. The van der Waals surface area contributed by atoms with Crippen LogP contribution in [0.3, 0.4) is 0 Å². The van der Waals surface area contributed by atoms with Crippen LogP contribution in [0.25, 0.3) is 43.5 Å². The topological polar surface area (TPSA) is 18.5 Å². The molecule has 5 aromatic carbocycles. The van der Waals surface area contributed by atoms with Crippen molar-refractivity contribution >= 4 is 43.4 Å². The Labute approximate surface area is 229 Å².